The number of hydrogen-bond acceptors (Lipinski definition) is 2. The molecule has 0 bridgehead atoms. The van der Waals surface area contributed by atoms with Crippen LogP contribution in [-0.2, 0) is 17.7 Å². The molecule has 0 radical (unpaired) electrons. The molecular weight excluding hydrogens is 332 g/mol. The van der Waals surface area contributed by atoms with Gasteiger partial charge in [-0.1, -0.05) is 55.0 Å². The summed E-state index contributed by atoms with van der Waals surface area (Å²) in [6.07, 6.45) is 5.00. The Hall–Kier alpha value is -2.10. The summed E-state index contributed by atoms with van der Waals surface area (Å²) in [5, 5.41) is 1.44. The van der Waals surface area contributed by atoms with Crippen molar-refractivity contribution in [1.29, 1.82) is 0 Å². The Balaban J connectivity index is 1.68. The third kappa shape index (κ3) is 2.90. The molecule has 5 rings (SSSR count). The Bertz CT molecular complexity index is 930. The summed E-state index contributed by atoms with van der Waals surface area (Å²) in [5.74, 6) is 0. The Morgan fingerprint density at radius 3 is 2.67 bits per heavy atom. The van der Waals surface area contributed by atoms with Crippen molar-refractivity contribution in [3.05, 3.63) is 71.4 Å². The van der Waals surface area contributed by atoms with Crippen LogP contribution < -0.4 is 0 Å². The first-order valence-electron chi connectivity index (χ1n) is 10.3. The highest BCUT2D eigenvalue weighted by atomic mass is 16.5. The molecule has 0 saturated carbocycles. The van der Waals surface area contributed by atoms with E-state index in [1.807, 2.05) is 7.11 Å². The van der Waals surface area contributed by atoms with E-state index in [1.54, 1.807) is 11.3 Å². The molecule has 2 aliphatic rings. The zero-order valence-corrected chi connectivity index (χ0v) is 16.1. The fourth-order valence-corrected chi connectivity index (χ4v) is 5.31. The molecule has 3 heterocycles. The Morgan fingerprint density at radius 1 is 1.00 bits per heavy atom. The quantitative estimate of drug-likeness (QED) is 0.666. The monoisotopic (exact) mass is 360 g/mol. The van der Waals surface area contributed by atoms with Crippen LogP contribution in [0.2, 0.25) is 0 Å². The molecule has 1 aromatic heterocycles. The van der Waals surface area contributed by atoms with Crippen LogP contribution >= 0.6 is 0 Å². The maximum absolute atomic E-state index is 5.61. The lowest BCUT2D eigenvalue weighted by molar-refractivity contribution is 0.0276. The molecule has 3 nitrogen and oxygen atoms in total. The number of methoxy groups -OCH3 is 1. The van der Waals surface area contributed by atoms with Crippen molar-refractivity contribution >= 4 is 10.9 Å². The van der Waals surface area contributed by atoms with E-state index >= 15 is 0 Å². The second-order valence-corrected chi connectivity index (χ2v) is 8.02. The highest BCUT2D eigenvalue weighted by Crippen LogP contribution is 2.43. The first-order chi connectivity index (χ1) is 13.4. The number of piperidine rings is 1. The third-order valence-corrected chi connectivity index (χ3v) is 6.43. The molecular formula is C24H28N2O. The predicted molar refractivity (Wildman–Crippen MR) is 110 cm³/mol. The highest BCUT2D eigenvalue weighted by molar-refractivity contribution is 5.86. The van der Waals surface area contributed by atoms with E-state index in [0.29, 0.717) is 12.1 Å². The molecule has 0 aliphatic carbocycles. The van der Waals surface area contributed by atoms with E-state index in [1.165, 1.54) is 42.3 Å². The molecule has 3 heteroatoms. The molecule has 1 saturated heterocycles. The summed E-state index contributed by atoms with van der Waals surface area (Å²) < 4.78 is 8.21. The first kappa shape index (κ1) is 17.0. The minimum Gasteiger partial charge on any atom is -0.383 e. The Labute approximate surface area is 161 Å². The molecule has 3 aromatic rings. The Morgan fingerprint density at radius 2 is 1.81 bits per heavy atom. The molecule has 2 atom stereocenters. The van der Waals surface area contributed by atoms with Gasteiger partial charge in [-0.2, -0.15) is 0 Å². The lowest BCUT2D eigenvalue weighted by Gasteiger charge is -2.45. The minimum atomic E-state index is 0.504. The number of hydrogen-bond donors (Lipinski definition) is 0. The number of aromatic nitrogens is 1. The van der Waals surface area contributed by atoms with E-state index in [4.69, 9.17) is 4.74 Å². The van der Waals surface area contributed by atoms with Crippen LogP contribution in [-0.4, -0.2) is 35.8 Å². The molecule has 0 amide bonds. The lowest BCUT2D eigenvalue weighted by Crippen LogP contribution is -2.48. The fourth-order valence-electron chi connectivity index (χ4n) is 5.31. The zero-order valence-electron chi connectivity index (χ0n) is 16.1. The van der Waals surface area contributed by atoms with Crippen LogP contribution in [0.25, 0.3) is 10.9 Å². The van der Waals surface area contributed by atoms with E-state index < -0.39 is 0 Å². The van der Waals surface area contributed by atoms with Crippen LogP contribution in [0, 0.1) is 0 Å². The lowest BCUT2D eigenvalue weighted by atomic mass is 9.86. The second kappa shape index (κ2) is 7.14. The summed E-state index contributed by atoms with van der Waals surface area (Å²) in [6.45, 7) is 2.98. The van der Waals surface area contributed by atoms with Gasteiger partial charge in [-0.25, -0.2) is 0 Å². The van der Waals surface area contributed by atoms with Gasteiger partial charge in [0.2, 0.25) is 0 Å². The van der Waals surface area contributed by atoms with E-state index in [-0.39, 0.29) is 0 Å². The number of rotatable bonds is 4. The van der Waals surface area contributed by atoms with E-state index in [0.717, 1.165) is 19.6 Å². The molecule has 27 heavy (non-hydrogen) atoms. The van der Waals surface area contributed by atoms with Gasteiger partial charge in [-0.15, -0.1) is 0 Å². The van der Waals surface area contributed by atoms with Gasteiger partial charge in [0.25, 0.3) is 0 Å². The number of para-hydroxylation sites is 1. The molecule has 0 N–H and O–H groups in total. The molecule has 1 fully saturated rings. The maximum atomic E-state index is 5.61. The van der Waals surface area contributed by atoms with E-state index in [9.17, 15) is 0 Å². The standard InChI is InChI=1S/C24H28N2O/c1-27-17-19-15-21-20-11-5-6-12-22(20)26(16-18-9-3-2-4-10-18)24(21)23-13-7-8-14-25(19)23/h2-6,9-12,19,23H,7-8,13-17H2,1H3/t19-,23+/m1/s1. The predicted octanol–water partition coefficient (Wildman–Crippen LogP) is 4.79. The van der Waals surface area contributed by atoms with Gasteiger partial charge in [0.05, 0.1) is 12.6 Å². The third-order valence-electron chi connectivity index (χ3n) is 6.43. The summed E-state index contributed by atoms with van der Waals surface area (Å²) in [4.78, 5) is 2.73. The van der Waals surface area contributed by atoms with Crippen molar-refractivity contribution in [3.8, 4) is 0 Å². The van der Waals surface area contributed by atoms with Gasteiger partial charge in [0, 0.05) is 36.3 Å². The summed E-state index contributed by atoms with van der Waals surface area (Å²) in [6, 6.07) is 20.9. The average molecular weight is 361 g/mol. The molecule has 2 aromatic carbocycles. The fraction of sp³-hybridized carbons (Fsp3) is 0.417. The van der Waals surface area contributed by atoms with Crippen molar-refractivity contribution in [2.75, 3.05) is 20.3 Å². The van der Waals surface area contributed by atoms with Gasteiger partial charge < -0.3 is 9.30 Å². The first-order valence-corrected chi connectivity index (χ1v) is 10.3. The number of ether oxygens (including phenoxy) is 1. The van der Waals surface area contributed by atoms with Crippen molar-refractivity contribution in [2.45, 2.75) is 44.3 Å². The summed E-state index contributed by atoms with van der Waals surface area (Å²) in [7, 11) is 1.84. The average Bonchev–Trinajstić information content (AvgIpc) is 3.03. The SMILES string of the molecule is COC[C@H]1Cc2c(n(Cc3ccccc3)c3ccccc23)[C@@H]2CCCCN12. The smallest absolute Gasteiger partial charge is 0.0621 e. The van der Waals surface area contributed by atoms with Crippen LogP contribution in [0.1, 0.15) is 42.1 Å². The van der Waals surface area contributed by atoms with Crippen LogP contribution in [0.5, 0.6) is 0 Å². The molecule has 2 aliphatic heterocycles. The second-order valence-electron chi connectivity index (χ2n) is 8.02. The van der Waals surface area contributed by atoms with Crippen molar-refractivity contribution < 1.29 is 4.74 Å². The van der Waals surface area contributed by atoms with Gasteiger partial charge >= 0.3 is 0 Å². The van der Waals surface area contributed by atoms with Gasteiger partial charge in [0.15, 0.2) is 0 Å². The number of nitrogens with zero attached hydrogens (tertiary/aromatic N) is 2. The molecule has 0 spiro atoms. The summed E-state index contributed by atoms with van der Waals surface area (Å²) >= 11 is 0. The maximum Gasteiger partial charge on any atom is 0.0621 e. The van der Waals surface area contributed by atoms with Crippen LogP contribution in [0.15, 0.2) is 54.6 Å². The van der Waals surface area contributed by atoms with Gasteiger partial charge in [0.1, 0.15) is 0 Å². The zero-order chi connectivity index (χ0) is 18.2. The minimum absolute atomic E-state index is 0.504. The van der Waals surface area contributed by atoms with Crippen molar-refractivity contribution in [1.82, 2.24) is 9.47 Å². The van der Waals surface area contributed by atoms with E-state index in [2.05, 4.69) is 64.1 Å². The van der Waals surface area contributed by atoms with Gasteiger partial charge in [-0.05, 0) is 43.0 Å². The van der Waals surface area contributed by atoms with Crippen LogP contribution in [0.3, 0.4) is 0 Å². The van der Waals surface area contributed by atoms with Crippen molar-refractivity contribution in [2.24, 2.45) is 0 Å². The van der Waals surface area contributed by atoms with Crippen LogP contribution in [0.4, 0.5) is 0 Å². The number of benzene rings is 2. The summed E-state index contributed by atoms with van der Waals surface area (Å²) in [5.41, 5.74) is 5.89. The largest absolute Gasteiger partial charge is 0.383 e. The number of fused-ring (bicyclic) bond motifs is 5. The van der Waals surface area contributed by atoms with Crippen molar-refractivity contribution in [3.63, 3.8) is 0 Å². The molecule has 0 unspecified atom stereocenters. The molecule has 140 valence electrons. The normalized spacial score (nSPS) is 22.6. The van der Waals surface area contributed by atoms with Gasteiger partial charge in [-0.3, -0.25) is 4.90 Å². The Kier molecular flexibility index (Phi) is 4.50. The highest BCUT2D eigenvalue weighted by Gasteiger charge is 2.39. The topological polar surface area (TPSA) is 17.4 Å².